The van der Waals surface area contributed by atoms with E-state index in [1.807, 2.05) is 31.2 Å². The molecule has 0 spiro atoms. The number of morpholine rings is 1. The van der Waals surface area contributed by atoms with Gasteiger partial charge in [-0.1, -0.05) is 48.5 Å². The van der Waals surface area contributed by atoms with Gasteiger partial charge in [-0.25, -0.2) is 14.8 Å². The molecule has 37 heavy (non-hydrogen) atoms. The average molecular weight is 500 g/mol. The smallest absolute Gasteiger partial charge is 0.410 e. The van der Waals surface area contributed by atoms with E-state index in [0.717, 1.165) is 0 Å². The summed E-state index contributed by atoms with van der Waals surface area (Å²) in [4.78, 5) is 36.6. The topological polar surface area (TPSA) is 90.9 Å². The van der Waals surface area contributed by atoms with Gasteiger partial charge >= 0.3 is 12.1 Å². The van der Waals surface area contributed by atoms with Gasteiger partial charge in [-0.05, 0) is 42.0 Å². The van der Waals surface area contributed by atoms with Crippen molar-refractivity contribution < 1.29 is 23.8 Å². The number of ketones is 1. The Bertz CT molecular complexity index is 1250. The van der Waals surface area contributed by atoms with E-state index in [-0.39, 0.29) is 48.4 Å². The number of aromatic nitrogens is 2. The lowest BCUT2D eigenvalue weighted by Crippen LogP contribution is -2.60. The Morgan fingerprint density at radius 2 is 1.54 bits per heavy atom. The van der Waals surface area contributed by atoms with Gasteiger partial charge < -0.3 is 14.2 Å². The second-order valence-electron chi connectivity index (χ2n) is 9.78. The van der Waals surface area contributed by atoms with Crippen molar-refractivity contribution in [2.75, 3.05) is 26.4 Å². The molecular weight excluding hydrogens is 470 g/mol. The van der Waals surface area contributed by atoms with Gasteiger partial charge in [0, 0.05) is 24.2 Å². The molecule has 2 aliphatic heterocycles. The number of Topliss-reactive ketones (excluding diaryl/α,β-unsaturated/α-hetero) is 1. The lowest BCUT2D eigenvalue weighted by atomic mass is 9.81. The van der Waals surface area contributed by atoms with Crippen molar-refractivity contribution in [3.05, 3.63) is 77.6 Å². The number of ether oxygens (including phenoxy) is 3. The van der Waals surface area contributed by atoms with Crippen LogP contribution in [0.25, 0.3) is 11.1 Å². The lowest BCUT2D eigenvalue weighted by molar-refractivity contribution is -0.0747. The van der Waals surface area contributed by atoms with Crippen molar-refractivity contribution in [3.63, 3.8) is 0 Å². The van der Waals surface area contributed by atoms with Crippen LogP contribution in [0, 0.1) is 5.92 Å². The Morgan fingerprint density at radius 3 is 2.14 bits per heavy atom. The van der Waals surface area contributed by atoms with Crippen molar-refractivity contribution >= 4 is 11.9 Å². The van der Waals surface area contributed by atoms with Crippen LogP contribution in [-0.2, 0) is 9.47 Å². The van der Waals surface area contributed by atoms with Gasteiger partial charge in [-0.2, -0.15) is 0 Å². The number of benzene rings is 2. The second kappa shape index (κ2) is 9.94. The Balaban J connectivity index is 1.14. The molecule has 2 fully saturated rings. The molecule has 2 atom stereocenters. The highest BCUT2D eigenvalue weighted by molar-refractivity contribution is 5.97. The van der Waals surface area contributed by atoms with Crippen LogP contribution in [0.1, 0.15) is 47.2 Å². The maximum atomic E-state index is 13.4. The molecule has 0 saturated carbocycles. The number of nitrogens with zero attached hydrogens (tertiary/aromatic N) is 3. The minimum Gasteiger partial charge on any atom is -0.464 e. The van der Waals surface area contributed by atoms with Crippen LogP contribution in [0.4, 0.5) is 4.79 Å². The molecule has 8 nitrogen and oxygen atoms in total. The molecule has 2 bridgehead atoms. The third-order valence-corrected chi connectivity index (χ3v) is 7.62. The fourth-order valence-electron chi connectivity index (χ4n) is 5.98. The third-order valence-electron chi connectivity index (χ3n) is 7.62. The monoisotopic (exact) mass is 499 g/mol. The lowest BCUT2D eigenvalue weighted by Gasteiger charge is -2.47. The molecule has 0 N–H and O–H groups in total. The van der Waals surface area contributed by atoms with Crippen molar-refractivity contribution in [2.45, 2.75) is 37.8 Å². The number of hydrogen-bond acceptors (Lipinski definition) is 7. The van der Waals surface area contributed by atoms with Crippen molar-refractivity contribution in [1.82, 2.24) is 14.9 Å². The number of fused-ring (bicyclic) bond motifs is 5. The molecular formula is C29H29N3O5. The summed E-state index contributed by atoms with van der Waals surface area (Å²) < 4.78 is 17.0. The highest BCUT2D eigenvalue weighted by atomic mass is 16.6. The van der Waals surface area contributed by atoms with Crippen molar-refractivity contribution in [1.29, 1.82) is 0 Å². The zero-order valence-electron chi connectivity index (χ0n) is 20.7. The molecule has 2 saturated heterocycles. The minimum absolute atomic E-state index is 0.00576. The van der Waals surface area contributed by atoms with E-state index in [0.29, 0.717) is 38.2 Å². The summed E-state index contributed by atoms with van der Waals surface area (Å²) in [7, 11) is 0. The molecule has 8 heteroatoms. The first-order chi connectivity index (χ1) is 18.1. The third kappa shape index (κ3) is 4.35. The summed E-state index contributed by atoms with van der Waals surface area (Å²) in [6.45, 7) is 3.38. The molecule has 3 aromatic rings. The molecule has 1 aromatic heterocycles. The summed E-state index contributed by atoms with van der Waals surface area (Å²) in [5, 5.41) is 0. The fraction of sp³-hybridized carbons (Fsp3) is 0.379. The number of piperidine rings is 1. The summed E-state index contributed by atoms with van der Waals surface area (Å²) >= 11 is 0. The molecule has 6 rings (SSSR count). The van der Waals surface area contributed by atoms with Crippen LogP contribution < -0.4 is 4.74 Å². The largest absolute Gasteiger partial charge is 0.464 e. The van der Waals surface area contributed by atoms with Gasteiger partial charge in [0.25, 0.3) is 0 Å². The van der Waals surface area contributed by atoms with Crippen LogP contribution in [0.15, 0.2) is 60.9 Å². The summed E-state index contributed by atoms with van der Waals surface area (Å²) in [5.41, 5.74) is 5.22. The van der Waals surface area contributed by atoms with Crippen LogP contribution in [0.3, 0.4) is 0 Å². The molecule has 190 valence electrons. The van der Waals surface area contributed by atoms with Gasteiger partial charge in [-0.15, -0.1) is 0 Å². The molecule has 1 aliphatic carbocycles. The average Bonchev–Trinajstić information content (AvgIpc) is 3.25. The molecule has 3 aliphatic rings. The number of carbonyl (C=O) groups excluding carboxylic acids is 2. The number of amides is 1. The Hall–Kier alpha value is -3.78. The van der Waals surface area contributed by atoms with Gasteiger partial charge in [0.15, 0.2) is 5.78 Å². The van der Waals surface area contributed by atoms with E-state index in [1.54, 1.807) is 4.90 Å². The van der Waals surface area contributed by atoms with E-state index in [9.17, 15) is 9.59 Å². The first kappa shape index (κ1) is 23.6. The number of rotatable bonds is 6. The van der Waals surface area contributed by atoms with Crippen LogP contribution in [0.5, 0.6) is 6.01 Å². The van der Waals surface area contributed by atoms with E-state index >= 15 is 0 Å². The van der Waals surface area contributed by atoms with Crippen molar-refractivity contribution in [2.24, 2.45) is 5.92 Å². The zero-order chi connectivity index (χ0) is 25.4. The van der Waals surface area contributed by atoms with Crippen LogP contribution in [-0.4, -0.2) is 65.3 Å². The maximum absolute atomic E-state index is 13.4. The Kier molecular flexibility index (Phi) is 6.34. The first-order valence-corrected chi connectivity index (χ1v) is 12.8. The molecule has 3 heterocycles. The summed E-state index contributed by atoms with van der Waals surface area (Å²) in [5.74, 6) is -0.226. The SMILES string of the molecule is CCOc1ncc(C(=O)C2CC3COCC(C2)N3C(=O)OCC2c3ccccc3-c3ccccc32)cn1. The first-order valence-electron chi connectivity index (χ1n) is 12.8. The van der Waals surface area contributed by atoms with Crippen molar-refractivity contribution in [3.8, 4) is 17.1 Å². The normalized spacial score (nSPS) is 22.2. The quantitative estimate of drug-likeness (QED) is 0.462. The Morgan fingerprint density at radius 1 is 0.946 bits per heavy atom. The molecule has 1 amide bonds. The van der Waals surface area contributed by atoms with Gasteiger partial charge in [-0.3, -0.25) is 9.69 Å². The van der Waals surface area contributed by atoms with E-state index < -0.39 is 0 Å². The molecule has 2 unspecified atom stereocenters. The van der Waals surface area contributed by atoms with E-state index in [2.05, 4.69) is 34.2 Å². The molecule has 2 aromatic carbocycles. The number of hydrogen-bond donors (Lipinski definition) is 0. The van der Waals surface area contributed by atoms with Crippen LogP contribution >= 0.6 is 0 Å². The molecule has 0 radical (unpaired) electrons. The number of carbonyl (C=O) groups is 2. The maximum Gasteiger partial charge on any atom is 0.410 e. The predicted octanol–water partition coefficient (Wildman–Crippen LogP) is 4.49. The predicted molar refractivity (Wildman–Crippen MR) is 136 cm³/mol. The van der Waals surface area contributed by atoms with Gasteiger partial charge in [0.1, 0.15) is 6.61 Å². The zero-order valence-corrected chi connectivity index (χ0v) is 20.7. The van der Waals surface area contributed by atoms with E-state index in [1.165, 1.54) is 34.6 Å². The highest BCUT2D eigenvalue weighted by Gasteiger charge is 2.45. The van der Waals surface area contributed by atoms with Gasteiger partial charge in [0.05, 0.1) is 37.5 Å². The standard InChI is InChI=1S/C29H29N3O5/c1-2-36-28-30-13-19(14-31-28)27(33)18-11-20-15-35-16-21(12-18)32(20)29(34)37-17-26-24-9-5-3-7-22(24)23-8-4-6-10-25(23)26/h3-10,13-14,18,20-21,26H,2,11-12,15-17H2,1H3. The summed E-state index contributed by atoms with van der Waals surface area (Å²) in [6, 6.07) is 16.4. The van der Waals surface area contributed by atoms with E-state index in [4.69, 9.17) is 14.2 Å². The fourth-order valence-corrected chi connectivity index (χ4v) is 5.98. The highest BCUT2D eigenvalue weighted by Crippen LogP contribution is 2.44. The van der Waals surface area contributed by atoms with Crippen LogP contribution in [0.2, 0.25) is 0 Å². The minimum atomic E-state index is -0.338. The summed E-state index contributed by atoms with van der Waals surface area (Å²) in [6.07, 6.45) is 3.74. The Labute approximate surface area is 215 Å². The van der Waals surface area contributed by atoms with Gasteiger partial charge in [0.2, 0.25) is 0 Å². The second-order valence-corrected chi connectivity index (χ2v) is 9.78.